The Bertz CT molecular complexity index is 684. The second-order valence-electron chi connectivity index (χ2n) is 4.38. The monoisotopic (exact) mass is 292 g/mol. The van der Waals surface area contributed by atoms with Crippen molar-refractivity contribution >= 4 is 15.7 Å². The van der Waals surface area contributed by atoms with Crippen molar-refractivity contribution in [2.45, 2.75) is 24.9 Å². The minimum absolute atomic E-state index is 0.0801. The average molecular weight is 292 g/mol. The first-order valence-corrected chi connectivity index (χ1v) is 8.08. The molecule has 0 radical (unpaired) electrons. The molecule has 7 heteroatoms. The number of nitrogens with one attached hydrogen (secondary N) is 1. The smallest absolute Gasteiger partial charge is 0.192 e. The number of anilines is 1. The molecule has 0 aliphatic heterocycles. The van der Waals surface area contributed by atoms with E-state index in [1.165, 1.54) is 12.4 Å². The Kier molecular flexibility index (Phi) is 4.29. The van der Waals surface area contributed by atoms with E-state index in [-0.39, 0.29) is 5.03 Å². The molecule has 0 aliphatic carbocycles. The molecule has 0 aliphatic rings. The Morgan fingerprint density at radius 1 is 1.20 bits per heavy atom. The highest BCUT2D eigenvalue weighted by atomic mass is 32.2. The van der Waals surface area contributed by atoms with Crippen LogP contribution in [-0.2, 0) is 22.8 Å². The van der Waals surface area contributed by atoms with Gasteiger partial charge in [-0.15, -0.1) is 0 Å². The number of sulfone groups is 1. The zero-order valence-corrected chi connectivity index (χ0v) is 12.2. The first-order valence-electron chi connectivity index (χ1n) is 6.19. The molecule has 20 heavy (non-hydrogen) atoms. The van der Waals surface area contributed by atoms with Gasteiger partial charge in [0.05, 0.1) is 0 Å². The van der Waals surface area contributed by atoms with Crippen molar-refractivity contribution in [3.63, 3.8) is 0 Å². The fourth-order valence-electron chi connectivity index (χ4n) is 1.62. The number of aromatic nitrogens is 3. The summed E-state index contributed by atoms with van der Waals surface area (Å²) >= 11 is 0. The third kappa shape index (κ3) is 3.74. The van der Waals surface area contributed by atoms with Crippen LogP contribution >= 0.6 is 0 Å². The largest absolute Gasteiger partial charge is 0.366 e. The molecule has 2 heterocycles. The van der Waals surface area contributed by atoms with Gasteiger partial charge in [-0.3, -0.25) is 0 Å². The van der Waals surface area contributed by atoms with E-state index in [9.17, 15) is 8.42 Å². The first-order chi connectivity index (χ1) is 9.49. The summed E-state index contributed by atoms with van der Waals surface area (Å²) in [7, 11) is -3.25. The fraction of sp³-hybridized carbons (Fsp3) is 0.308. The van der Waals surface area contributed by atoms with Gasteiger partial charge in [0.2, 0.25) is 0 Å². The molecule has 0 unspecified atom stereocenters. The first kappa shape index (κ1) is 14.4. The number of aryl methyl sites for hydroxylation is 1. The molecule has 106 valence electrons. The Morgan fingerprint density at radius 2 is 2.00 bits per heavy atom. The van der Waals surface area contributed by atoms with Gasteiger partial charge in [0, 0.05) is 30.8 Å². The highest BCUT2D eigenvalue weighted by Gasteiger charge is 2.07. The molecular weight excluding hydrogens is 276 g/mol. The number of rotatable bonds is 5. The highest BCUT2D eigenvalue weighted by Crippen LogP contribution is 2.09. The summed E-state index contributed by atoms with van der Waals surface area (Å²) in [4.78, 5) is 12.2. The van der Waals surface area contributed by atoms with E-state index in [0.717, 1.165) is 29.8 Å². The summed E-state index contributed by atoms with van der Waals surface area (Å²) in [6.07, 6.45) is 5.06. The van der Waals surface area contributed by atoms with E-state index in [4.69, 9.17) is 0 Å². The van der Waals surface area contributed by atoms with Crippen molar-refractivity contribution in [3.05, 3.63) is 42.0 Å². The zero-order chi connectivity index (χ0) is 14.6. The second kappa shape index (κ2) is 5.96. The van der Waals surface area contributed by atoms with Crippen molar-refractivity contribution in [3.8, 4) is 0 Å². The number of hydrogen-bond donors (Lipinski definition) is 1. The third-order valence-corrected chi connectivity index (χ3v) is 3.74. The van der Waals surface area contributed by atoms with Crippen LogP contribution in [-0.4, -0.2) is 29.6 Å². The minimum atomic E-state index is -3.25. The van der Waals surface area contributed by atoms with Crippen LogP contribution in [0.2, 0.25) is 0 Å². The van der Waals surface area contributed by atoms with E-state index in [0.29, 0.717) is 6.54 Å². The van der Waals surface area contributed by atoms with Crippen LogP contribution in [0.15, 0.2) is 35.7 Å². The topological polar surface area (TPSA) is 84.8 Å². The molecule has 0 spiro atoms. The molecule has 0 bridgehead atoms. The predicted octanol–water partition coefficient (Wildman–Crippen LogP) is 1.45. The van der Waals surface area contributed by atoms with E-state index < -0.39 is 9.84 Å². The standard InChI is InChI=1S/C13H16N4O2S/c1-3-11-6-12(17-9-16-11)14-7-10-4-5-13(15-8-10)20(2,18)19/h4-6,8-9H,3,7H2,1-2H3,(H,14,16,17). The van der Waals surface area contributed by atoms with Crippen LogP contribution in [0.5, 0.6) is 0 Å². The van der Waals surface area contributed by atoms with Crippen LogP contribution in [0.1, 0.15) is 18.2 Å². The third-order valence-electron chi connectivity index (χ3n) is 2.74. The van der Waals surface area contributed by atoms with Crippen LogP contribution < -0.4 is 5.32 Å². The maximum atomic E-state index is 11.3. The molecule has 1 N–H and O–H groups in total. The summed E-state index contributed by atoms with van der Waals surface area (Å²) < 4.78 is 22.6. The highest BCUT2D eigenvalue weighted by molar-refractivity contribution is 7.90. The molecule has 2 aromatic rings. The van der Waals surface area contributed by atoms with Gasteiger partial charge in [-0.2, -0.15) is 0 Å². The molecule has 0 amide bonds. The molecule has 2 rings (SSSR count). The van der Waals surface area contributed by atoms with Gasteiger partial charge >= 0.3 is 0 Å². The molecule has 0 aromatic carbocycles. The van der Waals surface area contributed by atoms with Crippen molar-refractivity contribution in [1.82, 2.24) is 15.0 Å². The van der Waals surface area contributed by atoms with Crippen molar-refractivity contribution in [2.75, 3.05) is 11.6 Å². The predicted molar refractivity (Wildman–Crippen MR) is 76.1 cm³/mol. The number of nitrogens with zero attached hydrogens (tertiary/aromatic N) is 3. The van der Waals surface area contributed by atoms with E-state index in [2.05, 4.69) is 20.3 Å². The van der Waals surface area contributed by atoms with Crippen LogP contribution in [0.25, 0.3) is 0 Å². The summed E-state index contributed by atoms with van der Waals surface area (Å²) in [5, 5.41) is 3.23. The van der Waals surface area contributed by atoms with Gasteiger partial charge in [-0.1, -0.05) is 13.0 Å². The van der Waals surface area contributed by atoms with Gasteiger partial charge in [-0.05, 0) is 18.1 Å². The maximum absolute atomic E-state index is 11.3. The number of hydrogen-bond acceptors (Lipinski definition) is 6. The van der Waals surface area contributed by atoms with Gasteiger partial charge < -0.3 is 5.32 Å². The second-order valence-corrected chi connectivity index (χ2v) is 6.34. The molecule has 0 atom stereocenters. The van der Waals surface area contributed by atoms with E-state index in [1.54, 1.807) is 12.3 Å². The lowest BCUT2D eigenvalue weighted by molar-refractivity contribution is 0.598. The molecule has 6 nitrogen and oxygen atoms in total. The summed E-state index contributed by atoms with van der Waals surface area (Å²) in [6.45, 7) is 2.55. The normalized spacial score (nSPS) is 11.3. The molecular formula is C13H16N4O2S. The number of pyridine rings is 1. The summed E-state index contributed by atoms with van der Waals surface area (Å²) in [5.41, 5.74) is 1.85. The molecule has 0 fully saturated rings. The Morgan fingerprint density at radius 3 is 2.60 bits per heavy atom. The maximum Gasteiger partial charge on any atom is 0.192 e. The fourth-order valence-corrected chi connectivity index (χ4v) is 2.17. The Labute approximate surface area is 118 Å². The van der Waals surface area contributed by atoms with Gasteiger partial charge in [-0.25, -0.2) is 23.4 Å². The summed E-state index contributed by atoms with van der Waals surface area (Å²) in [6, 6.07) is 5.13. The Hall–Kier alpha value is -2.02. The minimum Gasteiger partial charge on any atom is -0.366 e. The van der Waals surface area contributed by atoms with E-state index >= 15 is 0 Å². The van der Waals surface area contributed by atoms with Gasteiger partial charge in [0.1, 0.15) is 12.1 Å². The SMILES string of the molecule is CCc1cc(NCc2ccc(S(C)(=O)=O)nc2)ncn1. The zero-order valence-electron chi connectivity index (χ0n) is 11.4. The van der Waals surface area contributed by atoms with Gasteiger partial charge in [0.15, 0.2) is 14.9 Å². The van der Waals surface area contributed by atoms with Crippen molar-refractivity contribution in [2.24, 2.45) is 0 Å². The van der Waals surface area contributed by atoms with Gasteiger partial charge in [0.25, 0.3) is 0 Å². The lowest BCUT2D eigenvalue weighted by Gasteiger charge is -2.06. The molecule has 2 aromatic heterocycles. The van der Waals surface area contributed by atoms with E-state index in [1.807, 2.05) is 13.0 Å². The lowest BCUT2D eigenvalue weighted by Crippen LogP contribution is -2.05. The lowest BCUT2D eigenvalue weighted by atomic mass is 10.3. The van der Waals surface area contributed by atoms with Crippen LogP contribution in [0.4, 0.5) is 5.82 Å². The van der Waals surface area contributed by atoms with Crippen LogP contribution in [0.3, 0.4) is 0 Å². The Balaban J connectivity index is 2.04. The average Bonchev–Trinajstić information content (AvgIpc) is 2.45. The van der Waals surface area contributed by atoms with Crippen LogP contribution in [0, 0.1) is 0 Å². The molecule has 0 saturated carbocycles. The van der Waals surface area contributed by atoms with Crippen molar-refractivity contribution < 1.29 is 8.42 Å². The summed E-state index contributed by atoms with van der Waals surface area (Å²) in [5.74, 6) is 0.740. The van der Waals surface area contributed by atoms with Crippen molar-refractivity contribution in [1.29, 1.82) is 0 Å². The quantitative estimate of drug-likeness (QED) is 0.898. The molecule has 0 saturated heterocycles.